The van der Waals surface area contributed by atoms with Crippen molar-refractivity contribution >= 4 is 24.8 Å². The molecule has 0 aromatic heterocycles. The Balaban J connectivity index is 0.00000133. The molecule has 0 aliphatic heterocycles. The van der Waals surface area contributed by atoms with Crippen LogP contribution in [0.1, 0.15) is 12.5 Å². The first-order valence-electron chi connectivity index (χ1n) is 6.38. The van der Waals surface area contributed by atoms with E-state index in [4.69, 9.17) is 0 Å². The Kier molecular flexibility index (Phi) is 9.13. The number of fused-ring (bicyclic) bond motifs is 1. The molecule has 0 fully saturated rings. The average Bonchev–Trinajstić information content (AvgIpc) is 2.79. The Labute approximate surface area is 158 Å². The van der Waals surface area contributed by atoms with Gasteiger partial charge in [-0.1, -0.05) is 48.9 Å². The fourth-order valence-electron chi connectivity index (χ4n) is 2.47. The van der Waals surface area contributed by atoms with Crippen molar-refractivity contribution in [1.29, 1.82) is 0 Å². The summed E-state index contributed by atoms with van der Waals surface area (Å²) in [4.78, 5) is 0. The second-order valence-electron chi connectivity index (χ2n) is 4.45. The van der Waals surface area contributed by atoms with Gasteiger partial charge in [-0.25, -0.2) is 0 Å². The third-order valence-electron chi connectivity index (χ3n) is 3.39. The van der Waals surface area contributed by atoms with E-state index in [0.29, 0.717) is 0 Å². The summed E-state index contributed by atoms with van der Waals surface area (Å²) in [5.41, 5.74) is 6.49. The van der Waals surface area contributed by atoms with E-state index in [-0.39, 0.29) is 51.0 Å². The maximum Gasteiger partial charge on any atom is 0 e. The van der Waals surface area contributed by atoms with Crippen LogP contribution in [0.3, 0.4) is 0 Å². The third kappa shape index (κ3) is 4.19. The van der Waals surface area contributed by atoms with Crippen molar-refractivity contribution in [3.05, 3.63) is 72.3 Å². The molecule has 0 atom stereocenters. The van der Waals surface area contributed by atoms with E-state index < -0.39 is 0 Å². The van der Waals surface area contributed by atoms with E-state index in [1.807, 2.05) is 6.07 Å². The molecule has 2 aliphatic rings. The van der Waals surface area contributed by atoms with Gasteiger partial charge in [0.25, 0.3) is 0 Å². The third-order valence-corrected chi connectivity index (χ3v) is 3.39. The molecule has 3 rings (SSSR count). The van der Waals surface area contributed by atoms with Gasteiger partial charge in [0, 0.05) is 26.2 Å². The monoisotopic (exact) mass is 393 g/mol. The van der Waals surface area contributed by atoms with Gasteiger partial charge in [-0.2, -0.15) is 17.7 Å². The molecule has 0 saturated carbocycles. The van der Waals surface area contributed by atoms with Crippen LogP contribution in [0.2, 0.25) is 0 Å². The molecule has 0 N–H and O–H groups in total. The van der Waals surface area contributed by atoms with Gasteiger partial charge in [-0.15, -0.1) is 48.6 Å². The number of halogens is 2. The quantitative estimate of drug-likeness (QED) is 0.491. The van der Waals surface area contributed by atoms with Gasteiger partial charge >= 0.3 is 0 Å². The van der Waals surface area contributed by atoms with Gasteiger partial charge in [0.2, 0.25) is 0 Å². The zero-order chi connectivity index (χ0) is 12.4. The minimum Gasteiger partial charge on any atom is -0.168 e. The van der Waals surface area contributed by atoms with Crippen LogP contribution in [0.5, 0.6) is 0 Å². The summed E-state index contributed by atoms with van der Waals surface area (Å²) in [6, 6.07) is 24.6. The number of aryl methyl sites for hydroxylation is 1. The summed E-state index contributed by atoms with van der Waals surface area (Å²) in [6.07, 6.45) is 1.06. The SMILES string of the molecule is CCc1ccccc1-c1ccccc2[c-]ccc1-2.Cl.Cl.[Zr]. The van der Waals surface area contributed by atoms with Crippen molar-refractivity contribution in [1.82, 2.24) is 0 Å². The smallest absolute Gasteiger partial charge is 0 e. The van der Waals surface area contributed by atoms with Gasteiger partial charge in [0.1, 0.15) is 0 Å². The van der Waals surface area contributed by atoms with E-state index in [2.05, 4.69) is 67.6 Å². The summed E-state index contributed by atoms with van der Waals surface area (Å²) < 4.78 is 0. The van der Waals surface area contributed by atoms with Crippen LogP contribution in [-0.2, 0) is 32.6 Å². The van der Waals surface area contributed by atoms with Crippen molar-refractivity contribution in [2.75, 3.05) is 0 Å². The molecule has 1 aromatic carbocycles. The Morgan fingerprint density at radius 1 is 0.762 bits per heavy atom. The fraction of sp³-hybridized carbons (Fsp3) is 0.111. The zero-order valence-electron chi connectivity index (χ0n) is 11.8. The molecule has 0 amide bonds. The Morgan fingerprint density at radius 2 is 1.38 bits per heavy atom. The average molecular weight is 395 g/mol. The summed E-state index contributed by atoms with van der Waals surface area (Å²) in [5.74, 6) is 0. The molecular formula is C18H17Cl2Zr-. The molecule has 0 heterocycles. The van der Waals surface area contributed by atoms with Crippen molar-refractivity contribution in [2.24, 2.45) is 0 Å². The fourth-order valence-corrected chi connectivity index (χ4v) is 2.47. The number of benzene rings is 1. The molecule has 108 valence electrons. The Bertz CT molecular complexity index is 652. The molecule has 0 spiro atoms. The summed E-state index contributed by atoms with van der Waals surface area (Å²) in [5, 5.41) is 0. The standard InChI is InChI=1S/C18H15.2ClH.Zr/c1-2-14-8-3-5-11-16(14)18-12-6-4-9-15-10-7-13-17(15)18;;;/h3-9,11-13H,2H2,1H3;2*1H;/q-1;;;. The van der Waals surface area contributed by atoms with Crippen LogP contribution >= 0.6 is 24.8 Å². The molecule has 0 nitrogen and oxygen atoms in total. The number of rotatable bonds is 2. The first kappa shape index (κ1) is 20.4. The largest absolute Gasteiger partial charge is 0.168 e. The molecule has 21 heavy (non-hydrogen) atoms. The molecule has 3 heteroatoms. The first-order valence-corrected chi connectivity index (χ1v) is 6.38. The van der Waals surface area contributed by atoms with Crippen molar-refractivity contribution in [2.45, 2.75) is 13.3 Å². The Morgan fingerprint density at radius 3 is 2.10 bits per heavy atom. The minimum absolute atomic E-state index is 0. The van der Waals surface area contributed by atoms with Gasteiger partial charge in [-0.05, 0) is 17.5 Å². The summed E-state index contributed by atoms with van der Waals surface area (Å²) in [7, 11) is 0. The van der Waals surface area contributed by atoms with Gasteiger partial charge in [0.15, 0.2) is 0 Å². The van der Waals surface area contributed by atoms with Crippen LogP contribution in [0.4, 0.5) is 0 Å². The van der Waals surface area contributed by atoms with Crippen LogP contribution in [-0.4, -0.2) is 0 Å². The van der Waals surface area contributed by atoms with Gasteiger partial charge in [-0.3, -0.25) is 0 Å². The molecule has 0 unspecified atom stereocenters. The summed E-state index contributed by atoms with van der Waals surface area (Å²) >= 11 is 0. The first-order chi connectivity index (χ1) is 8.90. The second-order valence-corrected chi connectivity index (χ2v) is 4.45. The van der Waals surface area contributed by atoms with E-state index in [0.717, 1.165) is 6.42 Å². The molecule has 1 aromatic rings. The zero-order valence-corrected chi connectivity index (χ0v) is 15.9. The predicted octanol–water partition coefficient (Wildman–Crippen LogP) is 5.66. The predicted molar refractivity (Wildman–Crippen MR) is 91.2 cm³/mol. The van der Waals surface area contributed by atoms with E-state index in [1.54, 1.807) is 0 Å². The number of hydrogen-bond acceptors (Lipinski definition) is 0. The van der Waals surface area contributed by atoms with Crippen molar-refractivity contribution in [3.63, 3.8) is 0 Å². The molecular weight excluding hydrogens is 378 g/mol. The maximum atomic E-state index is 3.29. The van der Waals surface area contributed by atoms with Crippen LogP contribution in [0.25, 0.3) is 22.3 Å². The normalized spacial score (nSPS) is 9.19. The van der Waals surface area contributed by atoms with Crippen molar-refractivity contribution < 1.29 is 26.2 Å². The second kappa shape index (κ2) is 9.41. The van der Waals surface area contributed by atoms with Crippen LogP contribution in [0, 0.1) is 6.07 Å². The topological polar surface area (TPSA) is 0 Å². The maximum absolute atomic E-state index is 3.29. The van der Waals surface area contributed by atoms with Crippen LogP contribution in [0.15, 0.2) is 60.7 Å². The summed E-state index contributed by atoms with van der Waals surface area (Å²) in [6.45, 7) is 2.20. The van der Waals surface area contributed by atoms with Gasteiger partial charge in [0.05, 0.1) is 0 Å². The van der Waals surface area contributed by atoms with Crippen molar-refractivity contribution in [3.8, 4) is 22.3 Å². The molecule has 0 bridgehead atoms. The molecule has 0 saturated heterocycles. The van der Waals surface area contributed by atoms with E-state index in [1.165, 1.54) is 27.8 Å². The molecule has 2 aliphatic carbocycles. The Hall–Kier alpha value is -0.617. The van der Waals surface area contributed by atoms with Gasteiger partial charge < -0.3 is 0 Å². The molecule has 0 radical (unpaired) electrons. The van der Waals surface area contributed by atoms with Crippen LogP contribution < -0.4 is 0 Å². The van der Waals surface area contributed by atoms with E-state index in [9.17, 15) is 0 Å². The number of hydrogen-bond donors (Lipinski definition) is 0. The van der Waals surface area contributed by atoms with E-state index >= 15 is 0 Å². The minimum atomic E-state index is 0.